The number of halogens is 3. The molecule has 3 aromatic rings. The van der Waals surface area contributed by atoms with E-state index in [1.165, 1.54) is 33.5 Å². The van der Waals surface area contributed by atoms with Crippen molar-refractivity contribution in [2.45, 2.75) is 30.9 Å². The summed E-state index contributed by atoms with van der Waals surface area (Å²) in [6.45, 7) is 2.13. The van der Waals surface area contributed by atoms with Crippen LogP contribution in [-0.2, 0) is 15.2 Å². The van der Waals surface area contributed by atoms with Gasteiger partial charge in [0, 0.05) is 24.6 Å². The Bertz CT molecular complexity index is 1220. The quantitative estimate of drug-likeness (QED) is 0.283. The van der Waals surface area contributed by atoms with Gasteiger partial charge in [-0.05, 0) is 32.0 Å². The molecular formula is C23H25F3N4O5S. The second-order valence-corrected chi connectivity index (χ2v) is 8.47. The topological polar surface area (TPSA) is 95.8 Å². The van der Waals surface area contributed by atoms with Gasteiger partial charge >= 0.3 is 18.4 Å². The first kappa shape index (κ1) is 27.1. The average molecular weight is 527 g/mol. The van der Waals surface area contributed by atoms with Crippen molar-refractivity contribution in [3.63, 3.8) is 0 Å². The fourth-order valence-corrected chi connectivity index (χ4v) is 4.16. The number of amides is 1. The monoisotopic (exact) mass is 526 g/mol. The number of carbonyl (C=O) groups is 2. The summed E-state index contributed by atoms with van der Waals surface area (Å²) in [4.78, 5) is 34.8. The highest BCUT2D eigenvalue weighted by Crippen LogP contribution is 2.30. The van der Waals surface area contributed by atoms with Crippen molar-refractivity contribution in [2.24, 2.45) is 0 Å². The summed E-state index contributed by atoms with van der Waals surface area (Å²) in [5.74, 6) is 0.324. The first-order chi connectivity index (χ1) is 17.1. The summed E-state index contributed by atoms with van der Waals surface area (Å²) in [7, 11) is 1.56. The van der Waals surface area contributed by atoms with E-state index in [0.29, 0.717) is 27.4 Å². The Hall–Kier alpha value is -3.48. The van der Waals surface area contributed by atoms with Gasteiger partial charge in [0.15, 0.2) is 11.8 Å². The normalized spacial score (nSPS) is 11.4. The van der Waals surface area contributed by atoms with Crippen LogP contribution in [0.2, 0.25) is 0 Å². The summed E-state index contributed by atoms with van der Waals surface area (Å²) in [6, 6.07) is 8.07. The van der Waals surface area contributed by atoms with Crippen LogP contribution in [-0.4, -0.2) is 71.2 Å². The molecule has 1 aromatic carbocycles. The predicted molar refractivity (Wildman–Crippen MR) is 126 cm³/mol. The minimum atomic E-state index is -4.46. The largest absolute Gasteiger partial charge is 0.508 e. The van der Waals surface area contributed by atoms with Crippen LogP contribution in [0.1, 0.15) is 18.2 Å². The van der Waals surface area contributed by atoms with Crippen molar-refractivity contribution in [1.82, 2.24) is 19.4 Å². The molecule has 0 spiro atoms. The highest BCUT2D eigenvalue weighted by atomic mass is 32.2. The number of hydrogen-bond acceptors (Lipinski definition) is 8. The Balaban J connectivity index is 1.77. The molecule has 13 heteroatoms. The molecule has 0 aliphatic rings. The zero-order chi connectivity index (χ0) is 26.3. The van der Waals surface area contributed by atoms with Crippen molar-refractivity contribution in [2.75, 3.05) is 33.4 Å². The summed E-state index contributed by atoms with van der Waals surface area (Å²) >= 11 is 1.21. The van der Waals surface area contributed by atoms with Crippen LogP contribution in [0.25, 0.3) is 11.0 Å². The second kappa shape index (κ2) is 12.0. The van der Waals surface area contributed by atoms with E-state index in [-0.39, 0.29) is 31.3 Å². The lowest BCUT2D eigenvalue weighted by Gasteiger charge is -2.19. The average Bonchev–Trinajstić information content (AvgIpc) is 3.20. The molecule has 0 saturated carbocycles. The molecule has 0 aliphatic carbocycles. The lowest BCUT2D eigenvalue weighted by atomic mass is 10.2. The number of hydrogen-bond donors (Lipinski definition) is 0. The maximum atomic E-state index is 13.3. The molecule has 0 bridgehead atoms. The second-order valence-electron chi connectivity index (χ2n) is 7.53. The molecule has 36 heavy (non-hydrogen) atoms. The van der Waals surface area contributed by atoms with Crippen molar-refractivity contribution in [1.29, 1.82) is 0 Å². The smallest absolute Gasteiger partial charge is 0.484 e. The SMILES string of the molecule is CCOC(=O)OCCN(C)C(=O)n1c(SCc2nccc(OCC(F)(F)F)c2C)nc2ccccc21. The molecule has 194 valence electrons. The first-order valence-corrected chi connectivity index (χ1v) is 11.9. The third-order valence-corrected chi connectivity index (χ3v) is 5.89. The van der Waals surface area contributed by atoms with Gasteiger partial charge in [0.1, 0.15) is 12.4 Å². The highest BCUT2D eigenvalue weighted by molar-refractivity contribution is 7.98. The first-order valence-electron chi connectivity index (χ1n) is 10.9. The maximum absolute atomic E-state index is 13.3. The number of imidazole rings is 1. The van der Waals surface area contributed by atoms with Crippen LogP contribution in [0.3, 0.4) is 0 Å². The van der Waals surface area contributed by atoms with E-state index in [0.717, 1.165) is 0 Å². The number of para-hydroxylation sites is 2. The van der Waals surface area contributed by atoms with Gasteiger partial charge in [-0.15, -0.1) is 0 Å². The third kappa shape index (κ3) is 7.03. The van der Waals surface area contributed by atoms with Crippen LogP contribution in [0.4, 0.5) is 22.8 Å². The van der Waals surface area contributed by atoms with Gasteiger partial charge in [-0.3, -0.25) is 4.98 Å². The van der Waals surface area contributed by atoms with Crippen molar-refractivity contribution in [3.05, 3.63) is 47.8 Å². The number of alkyl halides is 3. The Morgan fingerprint density at radius 3 is 2.64 bits per heavy atom. The minimum Gasteiger partial charge on any atom is -0.484 e. The van der Waals surface area contributed by atoms with Crippen LogP contribution in [0.15, 0.2) is 41.7 Å². The number of fused-ring (bicyclic) bond motifs is 1. The Morgan fingerprint density at radius 1 is 1.17 bits per heavy atom. The van der Waals surface area contributed by atoms with Gasteiger partial charge in [0.2, 0.25) is 0 Å². The summed E-state index contributed by atoms with van der Waals surface area (Å²) < 4.78 is 53.7. The Morgan fingerprint density at radius 2 is 1.92 bits per heavy atom. The van der Waals surface area contributed by atoms with E-state index in [2.05, 4.69) is 9.97 Å². The Kier molecular flexibility index (Phi) is 9.02. The van der Waals surface area contributed by atoms with E-state index in [4.69, 9.17) is 14.2 Å². The fraction of sp³-hybridized carbons (Fsp3) is 0.391. The summed E-state index contributed by atoms with van der Waals surface area (Å²) in [6.07, 6.45) is -3.89. The van der Waals surface area contributed by atoms with E-state index in [1.807, 2.05) is 0 Å². The molecule has 0 fully saturated rings. The molecule has 0 N–H and O–H groups in total. The number of ether oxygens (including phenoxy) is 3. The van der Waals surface area contributed by atoms with Gasteiger partial charge in [0.05, 0.1) is 29.9 Å². The lowest BCUT2D eigenvalue weighted by molar-refractivity contribution is -0.153. The molecule has 0 aliphatic heterocycles. The van der Waals surface area contributed by atoms with Crippen LogP contribution < -0.4 is 4.74 Å². The molecule has 3 rings (SSSR count). The van der Waals surface area contributed by atoms with E-state index in [9.17, 15) is 22.8 Å². The minimum absolute atomic E-state index is 0.0516. The molecule has 0 saturated heterocycles. The predicted octanol–water partition coefficient (Wildman–Crippen LogP) is 5.05. The maximum Gasteiger partial charge on any atom is 0.508 e. The van der Waals surface area contributed by atoms with E-state index >= 15 is 0 Å². The number of likely N-dealkylation sites (N-methyl/N-ethyl adjacent to an activating group) is 1. The molecule has 2 aromatic heterocycles. The van der Waals surface area contributed by atoms with Crippen molar-refractivity contribution >= 4 is 35.0 Å². The Labute approximate surface area is 209 Å². The van der Waals surface area contributed by atoms with Gasteiger partial charge in [-0.1, -0.05) is 23.9 Å². The zero-order valence-corrected chi connectivity index (χ0v) is 20.7. The number of carbonyl (C=O) groups excluding carboxylic acids is 2. The number of rotatable bonds is 9. The van der Waals surface area contributed by atoms with E-state index in [1.54, 1.807) is 45.2 Å². The third-order valence-electron chi connectivity index (χ3n) is 4.94. The zero-order valence-electron chi connectivity index (χ0n) is 19.9. The molecule has 0 radical (unpaired) electrons. The van der Waals surface area contributed by atoms with Gasteiger partial charge in [-0.25, -0.2) is 19.1 Å². The van der Waals surface area contributed by atoms with Crippen molar-refractivity contribution in [3.8, 4) is 5.75 Å². The van der Waals surface area contributed by atoms with Gasteiger partial charge in [-0.2, -0.15) is 13.2 Å². The number of aromatic nitrogens is 3. The van der Waals surface area contributed by atoms with Crippen LogP contribution >= 0.6 is 11.8 Å². The van der Waals surface area contributed by atoms with E-state index < -0.39 is 25.0 Å². The van der Waals surface area contributed by atoms with Gasteiger partial charge < -0.3 is 19.1 Å². The lowest BCUT2D eigenvalue weighted by Crippen LogP contribution is -2.34. The number of pyridine rings is 1. The molecule has 1 amide bonds. The number of thioether (sulfide) groups is 1. The molecule has 9 nitrogen and oxygen atoms in total. The number of nitrogens with zero attached hydrogens (tertiary/aromatic N) is 4. The molecular weight excluding hydrogens is 501 g/mol. The fourth-order valence-electron chi connectivity index (χ4n) is 3.13. The van der Waals surface area contributed by atoms with Crippen LogP contribution in [0, 0.1) is 6.92 Å². The summed E-state index contributed by atoms with van der Waals surface area (Å²) in [5, 5.41) is 0.377. The highest BCUT2D eigenvalue weighted by Gasteiger charge is 2.29. The summed E-state index contributed by atoms with van der Waals surface area (Å²) in [5.41, 5.74) is 2.14. The standard InChI is InChI=1S/C23H25F3N4O5S/c1-4-33-22(32)34-12-11-29(3)21(31)30-18-8-6-5-7-16(18)28-20(30)36-13-17-15(2)19(9-10-27-17)35-14-23(24,25)26/h5-10H,4,11-14H2,1-3H3. The number of benzene rings is 1. The molecule has 0 unspecified atom stereocenters. The van der Waals surface area contributed by atoms with Gasteiger partial charge in [0.25, 0.3) is 0 Å². The molecule has 2 heterocycles. The van der Waals surface area contributed by atoms with Crippen LogP contribution in [0.5, 0.6) is 5.75 Å². The van der Waals surface area contributed by atoms with Crippen molar-refractivity contribution < 1.29 is 37.0 Å². The molecule has 0 atom stereocenters.